The summed E-state index contributed by atoms with van der Waals surface area (Å²) in [6, 6.07) is 8.59. The van der Waals surface area contributed by atoms with Gasteiger partial charge in [0.05, 0.1) is 15.7 Å². The Morgan fingerprint density at radius 3 is 2.89 bits per heavy atom. The van der Waals surface area contributed by atoms with Gasteiger partial charge in [0.2, 0.25) is 0 Å². The number of nitrogens with one attached hydrogen (secondary N) is 1. The van der Waals surface area contributed by atoms with Crippen molar-refractivity contribution in [3.63, 3.8) is 0 Å². The van der Waals surface area contributed by atoms with Crippen molar-refractivity contribution in [1.82, 2.24) is 15.2 Å². The van der Waals surface area contributed by atoms with Gasteiger partial charge in [-0.2, -0.15) is 0 Å². The largest absolute Gasteiger partial charge is 0.382 e. The number of anilines is 2. The Labute approximate surface area is 112 Å². The second-order valence-electron chi connectivity index (χ2n) is 3.83. The first-order chi connectivity index (χ1) is 9.22. The predicted octanol–water partition coefficient (Wildman–Crippen LogP) is 1.92. The van der Waals surface area contributed by atoms with E-state index in [0.29, 0.717) is 5.69 Å². The molecule has 1 amide bonds. The molecule has 3 rings (SSSR count). The Morgan fingerprint density at radius 1 is 1.21 bits per heavy atom. The summed E-state index contributed by atoms with van der Waals surface area (Å²) < 4.78 is 1.01. The average molecular weight is 271 g/mol. The third kappa shape index (κ3) is 2.36. The Hall–Kier alpha value is -2.54. The number of fused-ring (bicyclic) bond motifs is 1. The van der Waals surface area contributed by atoms with Crippen LogP contribution in [0.3, 0.4) is 0 Å². The van der Waals surface area contributed by atoms with Crippen molar-refractivity contribution >= 4 is 39.0 Å². The van der Waals surface area contributed by atoms with Crippen molar-refractivity contribution in [2.45, 2.75) is 0 Å². The van der Waals surface area contributed by atoms with E-state index in [1.54, 1.807) is 11.6 Å². The number of rotatable bonds is 2. The first kappa shape index (κ1) is 11.5. The number of nitrogen functional groups attached to an aromatic ring is 1. The number of hydrogen-bond donors (Lipinski definition) is 2. The van der Waals surface area contributed by atoms with Gasteiger partial charge in [-0.25, -0.2) is 4.98 Å². The molecule has 0 saturated carbocycles. The molecule has 0 aliphatic rings. The fourth-order valence-electron chi connectivity index (χ4n) is 1.59. The Kier molecular flexibility index (Phi) is 2.81. The van der Waals surface area contributed by atoms with Gasteiger partial charge in [0.1, 0.15) is 5.82 Å². The van der Waals surface area contributed by atoms with Gasteiger partial charge in [-0.1, -0.05) is 0 Å². The van der Waals surface area contributed by atoms with Crippen LogP contribution in [0, 0.1) is 0 Å². The van der Waals surface area contributed by atoms with Gasteiger partial charge in [0.25, 0.3) is 5.91 Å². The van der Waals surface area contributed by atoms with Crippen molar-refractivity contribution in [2.24, 2.45) is 0 Å². The molecule has 7 heteroatoms. The van der Waals surface area contributed by atoms with Crippen molar-refractivity contribution in [1.29, 1.82) is 0 Å². The van der Waals surface area contributed by atoms with Gasteiger partial charge >= 0.3 is 0 Å². The summed E-state index contributed by atoms with van der Waals surface area (Å²) >= 11 is 1.52. The molecule has 0 fully saturated rings. The van der Waals surface area contributed by atoms with E-state index in [1.807, 2.05) is 12.1 Å². The lowest BCUT2D eigenvalue weighted by Gasteiger charge is -2.04. The summed E-state index contributed by atoms with van der Waals surface area (Å²) in [5, 5.41) is 10.1. The predicted molar refractivity (Wildman–Crippen MR) is 74.0 cm³/mol. The van der Waals surface area contributed by atoms with Crippen LogP contribution in [0.1, 0.15) is 10.5 Å². The van der Waals surface area contributed by atoms with Gasteiger partial charge in [0, 0.05) is 5.69 Å². The lowest BCUT2D eigenvalue weighted by Crippen LogP contribution is -2.14. The third-order valence-corrected chi connectivity index (χ3v) is 3.30. The van der Waals surface area contributed by atoms with Crippen molar-refractivity contribution < 1.29 is 4.79 Å². The summed E-state index contributed by atoms with van der Waals surface area (Å²) in [6.45, 7) is 0. The first-order valence-corrected chi connectivity index (χ1v) is 6.34. The monoisotopic (exact) mass is 271 g/mol. The number of hydrogen-bond acceptors (Lipinski definition) is 6. The van der Waals surface area contributed by atoms with Gasteiger partial charge in [-0.15, -0.1) is 21.5 Å². The molecule has 0 atom stereocenters. The van der Waals surface area contributed by atoms with E-state index in [-0.39, 0.29) is 17.4 Å². The van der Waals surface area contributed by atoms with E-state index in [0.717, 1.165) is 10.2 Å². The molecule has 0 radical (unpaired) electrons. The molecule has 0 saturated heterocycles. The van der Waals surface area contributed by atoms with Gasteiger partial charge in [-0.3, -0.25) is 4.79 Å². The topological polar surface area (TPSA) is 93.8 Å². The minimum Gasteiger partial charge on any atom is -0.382 e. The van der Waals surface area contributed by atoms with E-state index >= 15 is 0 Å². The fourth-order valence-corrected chi connectivity index (χ4v) is 2.31. The maximum Gasteiger partial charge on any atom is 0.276 e. The zero-order valence-electron chi connectivity index (χ0n) is 9.70. The molecule has 3 aromatic rings. The van der Waals surface area contributed by atoms with Gasteiger partial charge in [0.15, 0.2) is 5.69 Å². The second kappa shape index (κ2) is 4.62. The molecule has 19 heavy (non-hydrogen) atoms. The quantitative estimate of drug-likeness (QED) is 0.742. The Morgan fingerprint density at radius 2 is 2.11 bits per heavy atom. The molecule has 94 valence electrons. The third-order valence-electron chi connectivity index (χ3n) is 2.51. The van der Waals surface area contributed by atoms with Crippen LogP contribution in [-0.2, 0) is 0 Å². The van der Waals surface area contributed by atoms with Crippen LogP contribution in [0.15, 0.2) is 35.8 Å². The molecule has 0 unspecified atom stereocenters. The van der Waals surface area contributed by atoms with E-state index in [2.05, 4.69) is 20.5 Å². The van der Waals surface area contributed by atoms with Crippen LogP contribution in [0.25, 0.3) is 10.2 Å². The van der Waals surface area contributed by atoms with Crippen LogP contribution >= 0.6 is 11.3 Å². The molecular weight excluding hydrogens is 262 g/mol. The van der Waals surface area contributed by atoms with Gasteiger partial charge < -0.3 is 11.1 Å². The highest BCUT2D eigenvalue weighted by Gasteiger charge is 2.08. The van der Waals surface area contributed by atoms with Crippen molar-refractivity contribution in [2.75, 3.05) is 11.1 Å². The molecule has 3 N–H and O–H groups in total. The maximum atomic E-state index is 11.9. The number of aromatic nitrogens is 3. The van der Waals surface area contributed by atoms with E-state index in [9.17, 15) is 4.79 Å². The number of nitrogens with zero attached hydrogens (tertiary/aromatic N) is 3. The number of carbonyl (C=O) groups excluding carboxylic acids is 1. The molecule has 0 aliphatic heterocycles. The zero-order valence-corrected chi connectivity index (χ0v) is 10.5. The number of amides is 1. The van der Waals surface area contributed by atoms with Crippen LogP contribution in [-0.4, -0.2) is 21.1 Å². The SMILES string of the molecule is Nc1ccc(C(=O)Nc2ccc3ncsc3c2)nn1. The van der Waals surface area contributed by atoms with Crippen molar-refractivity contribution in [3.05, 3.63) is 41.5 Å². The highest BCUT2D eigenvalue weighted by molar-refractivity contribution is 7.16. The normalized spacial score (nSPS) is 10.5. The summed E-state index contributed by atoms with van der Waals surface area (Å²) in [5.41, 5.74) is 9.01. The van der Waals surface area contributed by atoms with Crippen LogP contribution < -0.4 is 11.1 Å². The molecule has 6 nitrogen and oxygen atoms in total. The number of carbonyl (C=O) groups is 1. The van der Waals surface area contributed by atoms with E-state index < -0.39 is 0 Å². The lowest BCUT2D eigenvalue weighted by atomic mass is 10.3. The van der Waals surface area contributed by atoms with Crippen LogP contribution in [0.4, 0.5) is 11.5 Å². The Balaban J connectivity index is 1.83. The molecule has 2 aromatic heterocycles. The summed E-state index contributed by atoms with van der Waals surface area (Å²) in [6.07, 6.45) is 0. The fraction of sp³-hybridized carbons (Fsp3) is 0. The molecule has 0 bridgehead atoms. The number of thiazole rings is 1. The van der Waals surface area contributed by atoms with Crippen LogP contribution in [0.2, 0.25) is 0 Å². The van der Waals surface area contributed by atoms with Crippen LogP contribution in [0.5, 0.6) is 0 Å². The molecule has 0 spiro atoms. The Bertz CT molecular complexity index is 737. The number of benzene rings is 1. The number of nitrogens with two attached hydrogens (primary N) is 1. The highest BCUT2D eigenvalue weighted by Crippen LogP contribution is 2.22. The van der Waals surface area contributed by atoms with E-state index in [4.69, 9.17) is 5.73 Å². The highest BCUT2D eigenvalue weighted by atomic mass is 32.1. The minimum absolute atomic E-state index is 0.221. The molecule has 0 aliphatic carbocycles. The lowest BCUT2D eigenvalue weighted by molar-refractivity contribution is 0.102. The molecule has 1 aromatic carbocycles. The van der Waals surface area contributed by atoms with Crippen molar-refractivity contribution in [3.8, 4) is 0 Å². The van der Waals surface area contributed by atoms with E-state index in [1.165, 1.54) is 23.5 Å². The maximum absolute atomic E-state index is 11.9. The molecule has 2 heterocycles. The first-order valence-electron chi connectivity index (χ1n) is 5.46. The second-order valence-corrected chi connectivity index (χ2v) is 4.72. The minimum atomic E-state index is -0.323. The molecular formula is C12H9N5OS. The average Bonchev–Trinajstić information content (AvgIpc) is 2.87. The standard InChI is InChI=1S/C12H9N5OS/c13-11-4-3-9(16-17-11)12(18)15-7-1-2-8-10(5-7)19-6-14-8/h1-6H,(H2,13,17)(H,15,18). The van der Waals surface area contributed by atoms with Gasteiger partial charge in [-0.05, 0) is 30.3 Å². The summed E-state index contributed by atoms with van der Waals surface area (Å²) in [5.74, 6) is -0.0426. The summed E-state index contributed by atoms with van der Waals surface area (Å²) in [4.78, 5) is 16.1. The zero-order chi connectivity index (χ0) is 13.2. The summed E-state index contributed by atoms with van der Waals surface area (Å²) in [7, 11) is 0. The smallest absolute Gasteiger partial charge is 0.276 e.